The second-order valence-corrected chi connectivity index (χ2v) is 7.56. The van der Waals surface area contributed by atoms with E-state index in [0.717, 1.165) is 35.9 Å². The molecule has 6 nitrogen and oxygen atoms in total. The highest BCUT2D eigenvalue weighted by Crippen LogP contribution is 2.32. The molecule has 2 aliphatic rings. The summed E-state index contributed by atoms with van der Waals surface area (Å²) in [5.41, 5.74) is 0.604. The molecule has 3 rings (SSSR count). The second kappa shape index (κ2) is 8.67. The van der Waals surface area contributed by atoms with E-state index in [0.29, 0.717) is 18.5 Å². The maximum atomic E-state index is 13.0. The van der Waals surface area contributed by atoms with Gasteiger partial charge >= 0.3 is 0 Å². The van der Waals surface area contributed by atoms with E-state index in [1.165, 1.54) is 30.3 Å². The Bertz CT molecular complexity index is 763. The molecule has 144 valence electrons. The molecule has 0 aromatic heterocycles. The number of benzene rings is 1. The van der Waals surface area contributed by atoms with Crippen LogP contribution < -0.4 is 0 Å². The van der Waals surface area contributed by atoms with E-state index in [1.54, 1.807) is 4.90 Å². The number of hydrogen-bond acceptors (Lipinski definition) is 5. The molecule has 2 heterocycles. The van der Waals surface area contributed by atoms with Gasteiger partial charge in [-0.25, -0.2) is 4.39 Å². The van der Waals surface area contributed by atoms with Crippen molar-refractivity contribution in [1.29, 1.82) is 0 Å². The summed E-state index contributed by atoms with van der Waals surface area (Å²) in [6.07, 6.45) is 4.71. The zero-order valence-corrected chi connectivity index (χ0v) is 15.6. The van der Waals surface area contributed by atoms with Crippen LogP contribution in [0.2, 0.25) is 0 Å². The lowest BCUT2D eigenvalue weighted by atomic mass is 9.99. The standard InChI is InChI=1S/C19H21FN2O4S/c20-14-6-4-13(5-7-14)11-16-18(25)22(19(26)27-16)12-17(24)21-9-2-1-3-15(21)8-10-23/h4-7,11,15,23H,1-3,8-10,12H2. The predicted molar refractivity (Wildman–Crippen MR) is 100 cm³/mol. The van der Waals surface area contributed by atoms with E-state index < -0.39 is 11.1 Å². The first kappa shape index (κ1) is 19.6. The van der Waals surface area contributed by atoms with E-state index in [2.05, 4.69) is 0 Å². The van der Waals surface area contributed by atoms with Crippen molar-refractivity contribution in [3.8, 4) is 0 Å². The van der Waals surface area contributed by atoms with E-state index in [1.807, 2.05) is 0 Å². The Hall–Kier alpha value is -2.19. The number of likely N-dealkylation sites (tertiary alicyclic amines) is 1. The fourth-order valence-electron chi connectivity index (χ4n) is 3.35. The van der Waals surface area contributed by atoms with Crippen molar-refractivity contribution in [2.24, 2.45) is 0 Å². The van der Waals surface area contributed by atoms with Gasteiger partial charge in [-0.05, 0) is 61.2 Å². The van der Waals surface area contributed by atoms with Crippen LogP contribution in [0.25, 0.3) is 6.08 Å². The van der Waals surface area contributed by atoms with Gasteiger partial charge < -0.3 is 10.0 Å². The topological polar surface area (TPSA) is 77.9 Å². The van der Waals surface area contributed by atoms with E-state index in [-0.39, 0.29) is 35.8 Å². The average Bonchev–Trinajstić information content (AvgIpc) is 2.91. The summed E-state index contributed by atoms with van der Waals surface area (Å²) in [7, 11) is 0. The van der Waals surface area contributed by atoms with Crippen LogP contribution in [0.4, 0.5) is 9.18 Å². The first-order valence-electron chi connectivity index (χ1n) is 8.91. The van der Waals surface area contributed by atoms with E-state index in [9.17, 15) is 23.9 Å². The van der Waals surface area contributed by atoms with E-state index >= 15 is 0 Å². The lowest BCUT2D eigenvalue weighted by Gasteiger charge is -2.36. The molecule has 8 heteroatoms. The number of carbonyl (C=O) groups is 3. The largest absolute Gasteiger partial charge is 0.396 e. The minimum absolute atomic E-state index is 0.00354. The predicted octanol–water partition coefficient (Wildman–Crippen LogP) is 2.63. The molecule has 1 atom stereocenters. The summed E-state index contributed by atoms with van der Waals surface area (Å²) < 4.78 is 13.0. The van der Waals surface area contributed by atoms with Gasteiger partial charge in [0.05, 0.1) is 4.91 Å². The zero-order valence-electron chi connectivity index (χ0n) is 14.8. The average molecular weight is 392 g/mol. The number of thioether (sulfide) groups is 1. The van der Waals surface area contributed by atoms with Gasteiger partial charge in [0.25, 0.3) is 11.1 Å². The van der Waals surface area contributed by atoms with Crippen LogP contribution in [-0.2, 0) is 9.59 Å². The minimum Gasteiger partial charge on any atom is -0.396 e. The molecular formula is C19H21FN2O4S. The molecular weight excluding hydrogens is 371 g/mol. The smallest absolute Gasteiger partial charge is 0.294 e. The number of aliphatic hydroxyl groups is 1. The third kappa shape index (κ3) is 4.56. The normalized spacial score (nSPS) is 22.0. The van der Waals surface area contributed by atoms with Crippen molar-refractivity contribution in [3.05, 3.63) is 40.6 Å². The third-order valence-electron chi connectivity index (χ3n) is 4.74. The monoisotopic (exact) mass is 392 g/mol. The Labute approximate surface area is 161 Å². The molecule has 1 aromatic rings. The highest BCUT2D eigenvalue weighted by Gasteiger charge is 2.38. The molecule has 2 fully saturated rings. The van der Waals surface area contributed by atoms with Crippen LogP contribution in [0, 0.1) is 5.82 Å². The van der Waals surface area contributed by atoms with Gasteiger partial charge in [0, 0.05) is 19.2 Å². The molecule has 2 aliphatic heterocycles. The third-order valence-corrected chi connectivity index (χ3v) is 5.65. The molecule has 2 saturated heterocycles. The van der Waals surface area contributed by atoms with Crippen LogP contribution >= 0.6 is 11.8 Å². The highest BCUT2D eigenvalue weighted by atomic mass is 32.2. The van der Waals surface area contributed by atoms with Crippen LogP contribution in [0.15, 0.2) is 29.2 Å². The van der Waals surface area contributed by atoms with Gasteiger partial charge in [-0.2, -0.15) is 0 Å². The van der Waals surface area contributed by atoms with Crippen molar-refractivity contribution >= 4 is 34.9 Å². The molecule has 0 aliphatic carbocycles. The van der Waals surface area contributed by atoms with E-state index in [4.69, 9.17) is 0 Å². The number of carbonyl (C=O) groups excluding carboxylic acids is 3. The number of imide groups is 1. The Morgan fingerprint density at radius 1 is 1.26 bits per heavy atom. The van der Waals surface area contributed by atoms with Crippen LogP contribution in [0.5, 0.6) is 0 Å². The van der Waals surface area contributed by atoms with Gasteiger partial charge in [-0.3, -0.25) is 19.3 Å². The van der Waals surface area contributed by atoms with Crippen molar-refractivity contribution in [3.63, 3.8) is 0 Å². The number of nitrogens with zero attached hydrogens (tertiary/aromatic N) is 2. The number of aliphatic hydroxyl groups excluding tert-OH is 1. The summed E-state index contributed by atoms with van der Waals surface area (Å²) in [6, 6.07) is 5.53. The Balaban J connectivity index is 1.69. The van der Waals surface area contributed by atoms with Gasteiger partial charge in [0.1, 0.15) is 12.4 Å². The lowest BCUT2D eigenvalue weighted by Crippen LogP contribution is -2.49. The SMILES string of the molecule is O=C1SC(=Cc2ccc(F)cc2)C(=O)N1CC(=O)N1CCCCC1CCO. The summed E-state index contributed by atoms with van der Waals surface area (Å²) in [5.74, 6) is -1.18. The molecule has 0 bridgehead atoms. The number of hydrogen-bond donors (Lipinski definition) is 1. The van der Waals surface area contributed by atoms with Crippen LogP contribution in [0.1, 0.15) is 31.2 Å². The Morgan fingerprint density at radius 3 is 2.70 bits per heavy atom. The number of halogens is 1. The summed E-state index contributed by atoms with van der Waals surface area (Å²) >= 11 is 0.775. The lowest BCUT2D eigenvalue weighted by molar-refractivity contribution is -0.139. The molecule has 0 saturated carbocycles. The summed E-state index contributed by atoms with van der Waals surface area (Å²) in [4.78, 5) is 40.3. The minimum atomic E-state index is -0.515. The molecule has 1 unspecified atom stereocenters. The molecule has 0 spiro atoms. The second-order valence-electron chi connectivity index (χ2n) is 6.57. The molecule has 0 radical (unpaired) electrons. The molecule has 1 aromatic carbocycles. The van der Waals surface area contributed by atoms with Crippen LogP contribution in [-0.4, -0.2) is 57.7 Å². The van der Waals surface area contributed by atoms with Crippen LogP contribution in [0.3, 0.4) is 0 Å². The van der Waals surface area contributed by atoms with Crippen molar-refractivity contribution in [1.82, 2.24) is 9.80 Å². The number of amides is 3. The Kier molecular flexibility index (Phi) is 6.28. The highest BCUT2D eigenvalue weighted by molar-refractivity contribution is 8.18. The molecule has 27 heavy (non-hydrogen) atoms. The number of rotatable bonds is 5. The molecule has 1 N–H and O–H groups in total. The maximum absolute atomic E-state index is 13.0. The summed E-state index contributed by atoms with van der Waals surface area (Å²) in [5, 5.41) is 8.70. The van der Waals surface area contributed by atoms with Gasteiger partial charge in [-0.1, -0.05) is 12.1 Å². The fraction of sp³-hybridized carbons (Fsp3) is 0.421. The maximum Gasteiger partial charge on any atom is 0.294 e. The molecule has 3 amide bonds. The summed E-state index contributed by atoms with van der Waals surface area (Å²) in [6.45, 7) is 0.273. The van der Waals surface area contributed by atoms with Crippen molar-refractivity contribution in [2.75, 3.05) is 19.7 Å². The quantitative estimate of drug-likeness (QED) is 0.780. The first-order valence-corrected chi connectivity index (χ1v) is 9.72. The van der Waals surface area contributed by atoms with Crippen molar-refractivity contribution in [2.45, 2.75) is 31.7 Å². The zero-order chi connectivity index (χ0) is 19.4. The Morgan fingerprint density at radius 2 is 2.00 bits per heavy atom. The fourth-order valence-corrected chi connectivity index (χ4v) is 4.19. The van der Waals surface area contributed by atoms with Gasteiger partial charge in [0.15, 0.2) is 0 Å². The van der Waals surface area contributed by atoms with Gasteiger partial charge in [-0.15, -0.1) is 0 Å². The number of piperidine rings is 1. The van der Waals surface area contributed by atoms with Crippen molar-refractivity contribution < 1.29 is 23.9 Å². The van der Waals surface area contributed by atoms with Gasteiger partial charge in [0.2, 0.25) is 5.91 Å². The first-order chi connectivity index (χ1) is 13.0.